The molecule has 0 atom stereocenters. The van der Waals surface area contributed by atoms with Crippen LogP contribution in [0.15, 0.2) is 16.2 Å². The van der Waals surface area contributed by atoms with Crippen molar-refractivity contribution >= 4 is 28.4 Å². The number of nitrogens with one attached hydrogen (secondary N) is 2. The minimum Gasteiger partial charge on any atom is -0.461 e. The first-order valence-electron chi connectivity index (χ1n) is 5.88. The molecule has 7 nitrogen and oxygen atoms in total. The average molecular weight is 334 g/mol. The fourth-order valence-corrected chi connectivity index (χ4v) is 2.07. The molecule has 0 spiro atoms. The van der Waals surface area contributed by atoms with Crippen molar-refractivity contribution in [1.82, 2.24) is 15.0 Å². The van der Waals surface area contributed by atoms with Crippen LogP contribution in [0.5, 0.6) is 0 Å². The number of esters is 1. The number of nitrogens with zero attached hydrogens (tertiary/aromatic N) is 2. The summed E-state index contributed by atoms with van der Waals surface area (Å²) in [6, 6.07) is 0.344. The van der Waals surface area contributed by atoms with Gasteiger partial charge in [-0.15, -0.1) is 11.3 Å². The van der Waals surface area contributed by atoms with Crippen molar-refractivity contribution in [3.05, 3.63) is 33.2 Å². The van der Waals surface area contributed by atoms with Gasteiger partial charge in [-0.25, -0.2) is 14.8 Å². The van der Waals surface area contributed by atoms with E-state index in [1.165, 1.54) is 5.38 Å². The molecule has 0 aliphatic carbocycles. The molecule has 0 unspecified atom stereocenters. The molecule has 0 amide bonds. The molecule has 2 heterocycles. The monoisotopic (exact) mass is 334 g/mol. The zero-order valence-electron chi connectivity index (χ0n) is 11.0. The number of hydrogen-bond acceptors (Lipinski definition) is 7. The maximum atomic E-state index is 12.6. The SMILES string of the molecule is CCOC(=O)c1csc(Nc2nc(C(F)(F)F)cc(=O)[nH]2)n1. The van der Waals surface area contributed by atoms with Gasteiger partial charge in [0.15, 0.2) is 16.5 Å². The number of aromatic nitrogens is 3. The summed E-state index contributed by atoms with van der Waals surface area (Å²) in [6.07, 6.45) is -4.75. The topological polar surface area (TPSA) is 97.0 Å². The van der Waals surface area contributed by atoms with Crippen LogP contribution >= 0.6 is 11.3 Å². The predicted octanol–water partition coefficient (Wildman–Crippen LogP) is 2.17. The van der Waals surface area contributed by atoms with Crippen LogP contribution < -0.4 is 10.9 Å². The second-order valence-corrected chi connectivity index (χ2v) is 4.72. The zero-order chi connectivity index (χ0) is 16.3. The number of anilines is 2. The summed E-state index contributed by atoms with van der Waals surface area (Å²) in [7, 11) is 0. The van der Waals surface area contributed by atoms with Gasteiger partial charge < -0.3 is 10.1 Å². The van der Waals surface area contributed by atoms with Gasteiger partial charge in [-0.2, -0.15) is 13.2 Å². The molecular formula is C11H9F3N4O3S. The Morgan fingerprint density at radius 2 is 2.18 bits per heavy atom. The van der Waals surface area contributed by atoms with Crippen molar-refractivity contribution in [2.75, 3.05) is 11.9 Å². The molecule has 2 N–H and O–H groups in total. The van der Waals surface area contributed by atoms with Crippen LogP contribution in [-0.4, -0.2) is 27.5 Å². The largest absolute Gasteiger partial charge is 0.461 e. The molecule has 0 radical (unpaired) electrons. The molecule has 2 aromatic rings. The smallest absolute Gasteiger partial charge is 0.433 e. The van der Waals surface area contributed by atoms with Crippen molar-refractivity contribution in [3.8, 4) is 0 Å². The fourth-order valence-electron chi connectivity index (χ4n) is 1.39. The third-order valence-corrected chi connectivity index (χ3v) is 3.00. The summed E-state index contributed by atoms with van der Waals surface area (Å²) in [4.78, 5) is 31.8. The molecular weight excluding hydrogens is 325 g/mol. The van der Waals surface area contributed by atoms with Crippen molar-refractivity contribution in [2.24, 2.45) is 0 Å². The Labute approximate surface area is 125 Å². The number of ether oxygens (including phenoxy) is 1. The second kappa shape index (κ2) is 6.13. The quantitative estimate of drug-likeness (QED) is 0.832. The Balaban J connectivity index is 2.23. The molecule has 11 heteroatoms. The molecule has 0 aliphatic heterocycles. The molecule has 0 fully saturated rings. The maximum absolute atomic E-state index is 12.6. The number of aromatic amines is 1. The van der Waals surface area contributed by atoms with Crippen LogP contribution in [0.1, 0.15) is 23.1 Å². The Morgan fingerprint density at radius 1 is 1.45 bits per heavy atom. The highest BCUT2D eigenvalue weighted by atomic mass is 32.1. The third kappa shape index (κ3) is 3.81. The van der Waals surface area contributed by atoms with Gasteiger partial charge in [0.05, 0.1) is 6.61 Å². The summed E-state index contributed by atoms with van der Waals surface area (Å²) < 4.78 is 42.4. The van der Waals surface area contributed by atoms with Gasteiger partial charge in [0.2, 0.25) is 5.95 Å². The van der Waals surface area contributed by atoms with Gasteiger partial charge in [-0.3, -0.25) is 9.78 Å². The highest BCUT2D eigenvalue weighted by Gasteiger charge is 2.33. The van der Waals surface area contributed by atoms with E-state index in [0.29, 0.717) is 6.07 Å². The van der Waals surface area contributed by atoms with Gasteiger partial charge in [0.25, 0.3) is 5.56 Å². The van der Waals surface area contributed by atoms with Crippen LogP contribution in [0.4, 0.5) is 24.3 Å². The number of thiazole rings is 1. The number of carbonyl (C=O) groups is 1. The molecule has 0 aromatic carbocycles. The first kappa shape index (κ1) is 15.9. The van der Waals surface area contributed by atoms with E-state index >= 15 is 0 Å². The summed E-state index contributed by atoms with van der Waals surface area (Å²) >= 11 is 0.951. The molecule has 0 bridgehead atoms. The summed E-state index contributed by atoms with van der Waals surface area (Å²) in [5.41, 5.74) is -2.29. The fraction of sp³-hybridized carbons (Fsp3) is 0.273. The van der Waals surface area contributed by atoms with E-state index in [9.17, 15) is 22.8 Å². The van der Waals surface area contributed by atoms with Gasteiger partial charge in [0, 0.05) is 11.4 Å². The lowest BCUT2D eigenvalue weighted by molar-refractivity contribution is -0.141. The van der Waals surface area contributed by atoms with Gasteiger partial charge in [-0.1, -0.05) is 0 Å². The lowest BCUT2D eigenvalue weighted by atomic mass is 10.4. The third-order valence-electron chi connectivity index (χ3n) is 2.25. The Morgan fingerprint density at radius 3 is 2.82 bits per heavy atom. The summed E-state index contributed by atoms with van der Waals surface area (Å²) in [6.45, 7) is 1.79. The zero-order valence-corrected chi connectivity index (χ0v) is 11.8. The van der Waals surface area contributed by atoms with Crippen LogP contribution in [0.2, 0.25) is 0 Å². The highest BCUT2D eigenvalue weighted by molar-refractivity contribution is 7.14. The maximum Gasteiger partial charge on any atom is 0.433 e. The number of rotatable bonds is 4. The Bertz CT molecular complexity index is 741. The van der Waals surface area contributed by atoms with E-state index in [1.807, 2.05) is 0 Å². The molecule has 2 aromatic heterocycles. The van der Waals surface area contributed by atoms with E-state index in [1.54, 1.807) is 6.92 Å². The van der Waals surface area contributed by atoms with E-state index in [-0.39, 0.29) is 17.4 Å². The first-order valence-corrected chi connectivity index (χ1v) is 6.76. The van der Waals surface area contributed by atoms with E-state index in [0.717, 1.165) is 11.3 Å². The minimum atomic E-state index is -4.75. The Hall–Kier alpha value is -2.43. The predicted molar refractivity (Wildman–Crippen MR) is 71.2 cm³/mol. The van der Waals surface area contributed by atoms with Crippen LogP contribution in [0, 0.1) is 0 Å². The van der Waals surface area contributed by atoms with Gasteiger partial charge in [-0.05, 0) is 6.92 Å². The number of hydrogen-bond donors (Lipinski definition) is 2. The number of alkyl halides is 3. The van der Waals surface area contributed by atoms with Crippen molar-refractivity contribution in [1.29, 1.82) is 0 Å². The molecule has 22 heavy (non-hydrogen) atoms. The molecule has 0 saturated carbocycles. The lowest BCUT2D eigenvalue weighted by Gasteiger charge is -2.07. The van der Waals surface area contributed by atoms with Gasteiger partial charge >= 0.3 is 12.1 Å². The van der Waals surface area contributed by atoms with E-state index in [4.69, 9.17) is 4.74 Å². The minimum absolute atomic E-state index is 0.00340. The second-order valence-electron chi connectivity index (χ2n) is 3.86. The summed E-state index contributed by atoms with van der Waals surface area (Å²) in [5, 5.41) is 3.86. The Kier molecular flexibility index (Phi) is 4.45. The van der Waals surface area contributed by atoms with Crippen LogP contribution in [-0.2, 0) is 10.9 Å². The number of halogens is 3. The van der Waals surface area contributed by atoms with E-state index < -0.39 is 29.3 Å². The number of H-pyrrole nitrogens is 1. The highest BCUT2D eigenvalue weighted by Crippen LogP contribution is 2.27. The molecule has 0 saturated heterocycles. The first-order chi connectivity index (χ1) is 10.3. The molecule has 0 aliphatic rings. The van der Waals surface area contributed by atoms with Crippen LogP contribution in [0.25, 0.3) is 0 Å². The molecule has 118 valence electrons. The van der Waals surface area contributed by atoms with Crippen molar-refractivity contribution in [3.63, 3.8) is 0 Å². The standard InChI is InChI=1S/C11H9F3N4O3S/c1-2-21-8(20)5-4-22-10(15-5)18-9-16-6(11(12,13)14)3-7(19)17-9/h3-4H,2H2,1H3,(H2,15,16,17,18,19). The van der Waals surface area contributed by atoms with Crippen LogP contribution in [0.3, 0.4) is 0 Å². The average Bonchev–Trinajstić information content (AvgIpc) is 2.86. The number of carbonyl (C=O) groups excluding carboxylic acids is 1. The van der Waals surface area contributed by atoms with Crippen molar-refractivity contribution < 1.29 is 22.7 Å². The van der Waals surface area contributed by atoms with Gasteiger partial charge in [0.1, 0.15) is 0 Å². The van der Waals surface area contributed by atoms with Crippen molar-refractivity contribution in [2.45, 2.75) is 13.1 Å². The lowest BCUT2D eigenvalue weighted by Crippen LogP contribution is -2.17. The summed E-state index contributed by atoms with van der Waals surface area (Å²) in [5.74, 6) is -1.08. The molecule has 2 rings (SSSR count). The normalized spacial score (nSPS) is 11.3. The van der Waals surface area contributed by atoms with E-state index in [2.05, 4.69) is 20.3 Å².